The monoisotopic (exact) mass is 232 g/mol. The Morgan fingerprint density at radius 3 is 2.93 bits per heavy atom. The van der Waals surface area contributed by atoms with Crippen LogP contribution >= 0.6 is 12.6 Å². The predicted molar refractivity (Wildman–Crippen MR) is 66.7 cm³/mol. The van der Waals surface area contributed by atoms with E-state index >= 15 is 0 Å². The maximum absolute atomic E-state index is 5.70. The van der Waals surface area contributed by atoms with Gasteiger partial charge in [0.2, 0.25) is 0 Å². The third-order valence-corrected chi connectivity index (χ3v) is 3.40. The molecule has 0 aromatic heterocycles. The van der Waals surface area contributed by atoms with E-state index in [1.165, 1.54) is 32.1 Å². The average Bonchev–Trinajstić information content (AvgIpc) is 2.29. The Hall–Kier alpha value is 0.270. The third-order valence-electron chi connectivity index (χ3n) is 2.89. The Morgan fingerprint density at radius 1 is 1.47 bits per heavy atom. The van der Waals surface area contributed by atoms with E-state index in [1.807, 2.05) is 0 Å². The summed E-state index contributed by atoms with van der Waals surface area (Å²) in [6.45, 7) is 4.74. The van der Waals surface area contributed by atoms with Crippen LogP contribution in [0.3, 0.4) is 0 Å². The normalized spacial score (nSPS) is 24.0. The van der Waals surface area contributed by atoms with Gasteiger partial charge in [0.25, 0.3) is 0 Å². The summed E-state index contributed by atoms with van der Waals surface area (Å²) in [4.78, 5) is 0. The van der Waals surface area contributed by atoms with E-state index in [-0.39, 0.29) is 0 Å². The summed E-state index contributed by atoms with van der Waals surface area (Å²) in [5.74, 6) is 1.54. The molecule has 0 aromatic carbocycles. The van der Waals surface area contributed by atoms with Crippen molar-refractivity contribution < 1.29 is 9.47 Å². The molecular weight excluding hydrogens is 208 g/mol. The third kappa shape index (κ3) is 5.79. The highest BCUT2D eigenvalue weighted by Gasteiger charge is 2.14. The maximum Gasteiger partial charge on any atom is 0.0808 e. The molecular formula is C12H24O2S. The molecule has 90 valence electrons. The van der Waals surface area contributed by atoms with Gasteiger partial charge in [-0.15, -0.1) is 0 Å². The molecule has 2 nitrogen and oxygen atoms in total. The number of hydrogen-bond acceptors (Lipinski definition) is 3. The van der Waals surface area contributed by atoms with E-state index in [4.69, 9.17) is 9.47 Å². The molecule has 1 heterocycles. The minimum absolute atomic E-state index is 0.348. The topological polar surface area (TPSA) is 18.5 Å². The summed E-state index contributed by atoms with van der Waals surface area (Å²) in [7, 11) is 0. The zero-order chi connectivity index (χ0) is 10.9. The van der Waals surface area contributed by atoms with Crippen molar-refractivity contribution in [1.29, 1.82) is 0 Å². The lowest BCUT2D eigenvalue weighted by molar-refractivity contribution is -0.0460. The van der Waals surface area contributed by atoms with Gasteiger partial charge in [0.1, 0.15) is 0 Å². The summed E-state index contributed by atoms with van der Waals surface area (Å²) in [6.07, 6.45) is 6.45. The second-order valence-electron chi connectivity index (χ2n) is 4.36. The van der Waals surface area contributed by atoms with Crippen LogP contribution in [0.15, 0.2) is 0 Å². The highest BCUT2D eigenvalue weighted by atomic mass is 32.1. The maximum atomic E-state index is 5.70. The minimum atomic E-state index is 0.348. The smallest absolute Gasteiger partial charge is 0.0808 e. The van der Waals surface area contributed by atoms with Crippen LogP contribution in [-0.2, 0) is 9.47 Å². The molecule has 15 heavy (non-hydrogen) atoms. The lowest BCUT2D eigenvalue weighted by atomic mass is 10.1. The fraction of sp³-hybridized carbons (Fsp3) is 1.00. The van der Waals surface area contributed by atoms with E-state index < -0.39 is 0 Å². The molecule has 0 amide bonds. The fourth-order valence-corrected chi connectivity index (χ4v) is 2.23. The Morgan fingerprint density at radius 2 is 2.33 bits per heavy atom. The van der Waals surface area contributed by atoms with Gasteiger partial charge in [0, 0.05) is 6.61 Å². The van der Waals surface area contributed by atoms with Gasteiger partial charge >= 0.3 is 0 Å². The van der Waals surface area contributed by atoms with Crippen LogP contribution in [0.2, 0.25) is 0 Å². The molecule has 0 aromatic rings. The number of rotatable bonds is 7. The molecule has 1 fully saturated rings. The second kappa shape index (κ2) is 8.43. The van der Waals surface area contributed by atoms with Crippen LogP contribution in [0.5, 0.6) is 0 Å². The minimum Gasteiger partial charge on any atom is -0.378 e. The SMILES string of the molecule is CCCC(CS)COCC1CCCCO1. The van der Waals surface area contributed by atoms with Crippen LogP contribution in [0, 0.1) is 5.92 Å². The molecule has 0 N–H and O–H groups in total. The van der Waals surface area contributed by atoms with Gasteiger partial charge in [-0.2, -0.15) is 12.6 Å². The zero-order valence-electron chi connectivity index (χ0n) is 9.78. The van der Waals surface area contributed by atoms with E-state index in [0.717, 1.165) is 25.6 Å². The van der Waals surface area contributed by atoms with E-state index in [0.29, 0.717) is 12.0 Å². The molecule has 2 unspecified atom stereocenters. The molecule has 0 saturated carbocycles. The van der Waals surface area contributed by atoms with Gasteiger partial charge in [-0.3, -0.25) is 0 Å². The highest BCUT2D eigenvalue weighted by Crippen LogP contribution is 2.14. The molecule has 0 aliphatic carbocycles. The fourth-order valence-electron chi connectivity index (χ4n) is 1.94. The van der Waals surface area contributed by atoms with Crippen LogP contribution in [-0.4, -0.2) is 31.7 Å². The summed E-state index contributed by atoms with van der Waals surface area (Å²) in [5, 5.41) is 0. The molecule has 1 aliphatic heterocycles. The van der Waals surface area contributed by atoms with Crippen molar-refractivity contribution in [2.75, 3.05) is 25.6 Å². The number of hydrogen-bond donors (Lipinski definition) is 1. The van der Waals surface area contributed by atoms with E-state index in [2.05, 4.69) is 19.6 Å². The van der Waals surface area contributed by atoms with Crippen molar-refractivity contribution in [1.82, 2.24) is 0 Å². The highest BCUT2D eigenvalue weighted by molar-refractivity contribution is 7.80. The summed E-state index contributed by atoms with van der Waals surface area (Å²) >= 11 is 4.34. The number of ether oxygens (including phenoxy) is 2. The zero-order valence-corrected chi connectivity index (χ0v) is 10.7. The molecule has 3 heteroatoms. The van der Waals surface area contributed by atoms with Crippen LogP contribution in [0.25, 0.3) is 0 Å². The molecule has 2 atom stereocenters. The van der Waals surface area contributed by atoms with Crippen molar-refractivity contribution in [2.24, 2.45) is 5.92 Å². The Bertz CT molecular complexity index is 142. The van der Waals surface area contributed by atoms with Gasteiger partial charge in [0.05, 0.1) is 19.3 Å². The van der Waals surface area contributed by atoms with Gasteiger partial charge in [0.15, 0.2) is 0 Å². The van der Waals surface area contributed by atoms with Crippen LogP contribution in [0.4, 0.5) is 0 Å². The largest absolute Gasteiger partial charge is 0.378 e. The quantitative estimate of drug-likeness (QED) is 0.680. The van der Waals surface area contributed by atoms with Crippen molar-refractivity contribution >= 4 is 12.6 Å². The van der Waals surface area contributed by atoms with E-state index in [9.17, 15) is 0 Å². The average molecular weight is 232 g/mol. The lowest BCUT2D eigenvalue weighted by Gasteiger charge is -2.23. The van der Waals surface area contributed by atoms with E-state index in [1.54, 1.807) is 0 Å². The van der Waals surface area contributed by atoms with Crippen LogP contribution in [0.1, 0.15) is 39.0 Å². The molecule has 0 radical (unpaired) electrons. The second-order valence-corrected chi connectivity index (χ2v) is 4.73. The predicted octanol–water partition coefficient (Wildman–Crippen LogP) is 2.92. The summed E-state index contributed by atoms with van der Waals surface area (Å²) in [6, 6.07) is 0. The van der Waals surface area contributed by atoms with Gasteiger partial charge in [-0.25, -0.2) is 0 Å². The van der Waals surface area contributed by atoms with Gasteiger partial charge in [-0.05, 0) is 37.4 Å². The first-order valence-corrected chi connectivity index (χ1v) is 6.80. The van der Waals surface area contributed by atoms with Crippen molar-refractivity contribution in [3.63, 3.8) is 0 Å². The first-order chi connectivity index (χ1) is 7.36. The lowest BCUT2D eigenvalue weighted by Crippen LogP contribution is -2.26. The van der Waals surface area contributed by atoms with Crippen LogP contribution < -0.4 is 0 Å². The van der Waals surface area contributed by atoms with Crippen molar-refractivity contribution in [3.05, 3.63) is 0 Å². The van der Waals surface area contributed by atoms with Crippen molar-refractivity contribution in [3.8, 4) is 0 Å². The Labute approximate surface area is 99.1 Å². The molecule has 1 rings (SSSR count). The molecule has 0 spiro atoms. The standard InChI is InChI=1S/C12H24O2S/c1-2-5-11(10-15)8-13-9-12-6-3-4-7-14-12/h11-12,15H,2-10H2,1H3. The van der Waals surface area contributed by atoms with Gasteiger partial charge < -0.3 is 9.47 Å². The molecule has 1 aliphatic rings. The first-order valence-electron chi connectivity index (χ1n) is 6.17. The Kier molecular flexibility index (Phi) is 7.49. The number of thiol groups is 1. The molecule has 1 saturated heterocycles. The molecule has 0 bridgehead atoms. The first kappa shape index (κ1) is 13.3. The summed E-state index contributed by atoms with van der Waals surface area (Å²) < 4.78 is 11.3. The summed E-state index contributed by atoms with van der Waals surface area (Å²) in [5.41, 5.74) is 0. The van der Waals surface area contributed by atoms with Gasteiger partial charge in [-0.1, -0.05) is 13.3 Å². The Balaban J connectivity index is 2.03. The van der Waals surface area contributed by atoms with Crippen molar-refractivity contribution in [2.45, 2.75) is 45.1 Å².